The van der Waals surface area contributed by atoms with Crippen molar-refractivity contribution in [1.29, 1.82) is 10.5 Å². The average Bonchev–Trinajstić information content (AvgIpc) is 2.64. The molecule has 0 aliphatic heterocycles. The molecule has 8 nitrogen and oxygen atoms in total. The zero-order chi connectivity index (χ0) is 20.8. The van der Waals surface area contributed by atoms with Crippen molar-refractivity contribution in [3.05, 3.63) is 57.4 Å². The molecule has 0 aromatic heterocycles. The monoisotopic (exact) mass is 403 g/mol. The van der Waals surface area contributed by atoms with Crippen LogP contribution in [0, 0.1) is 44.5 Å². The lowest BCUT2D eigenvalue weighted by Gasteiger charge is -2.15. The lowest BCUT2D eigenvalue weighted by atomic mass is 10.0. The van der Waals surface area contributed by atoms with E-state index < -0.39 is 34.2 Å². The van der Waals surface area contributed by atoms with Gasteiger partial charge in [-0.2, -0.15) is 10.5 Å². The predicted molar refractivity (Wildman–Crippen MR) is 94.4 cm³/mol. The minimum atomic E-state index is -1.57. The van der Waals surface area contributed by atoms with Gasteiger partial charge in [-0.25, -0.2) is 4.39 Å². The van der Waals surface area contributed by atoms with Crippen molar-refractivity contribution in [2.75, 3.05) is 0 Å². The Morgan fingerprint density at radius 2 is 1.89 bits per heavy atom. The number of nitro groups is 1. The summed E-state index contributed by atoms with van der Waals surface area (Å²) < 4.78 is 24.5. The summed E-state index contributed by atoms with van der Waals surface area (Å²) in [5.74, 6) is -3.69. The Morgan fingerprint density at radius 3 is 2.46 bits per heavy atom. The molecule has 0 saturated carbocycles. The fourth-order valence-corrected chi connectivity index (χ4v) is 2.29. The summed E-state index contributed by atoms with van der Waals surface area (Å²) in [5.41, 5.74) is -0.478. The van der Waals surface area contributed by atoms with Gasteiger partial charge in [0.25, 0.3) is 0 Å². The highest BCUT2D eigenvalue weighted by Crippen LogP contribution is 2.35. The summed E-state index contributed by atoms with van der Waals surface area (Å²) in [4.78, 5) is 22.5. The van der Waals surface area contributed by atoms with Crippen molar-refractivity contribution in [3.63, 3.8) is 0 Å². The quantitative estimate of drug-likeness (QED) is 0.501. The van der Waals surface area contributed by atoms with E-state index in [1.165, 1.54) is 37.3 Å². The number of carbonyl (C=O) groups excluding carboxylic acids is 1. The fraction of sp³-hybridized carbons (Fsp3) is 0.167. The van der Waals surface area contributed by atoms with Gasteiger partial charge in [0.15, 0.2) is 23.6 Å². The summed E-state index contributed by atoms with van der Waals surface area (Å²) >= 11 is 5.67. The molecule has 2 aromatic rings. The number of ketones is 1. The second-order valence-corrected chi connectivity index (χ2v) is 5.85. The van der Waals surface area contributed by atoms with Crippen LogP contribution in [0.3, 0.4) is 0 Å². The van der Waals surface area contributed by atoms with Gasteiger partial charge in [0.1, 0.15) is 5.75 Å². The van der Waals surface area contributed by atoms with Crippen molar-refractivity contribution >= 4 is 23.1 Å². The number of nitro benzene ring substituents is 1. The third kappa shape index (κ3) is 4.72. The van der Waals surface area contributed by atoms with Gasteiger partial charge in [0, 0.05) is 17.2 Å². The van der Waals surface area contributed by atoms with Crippen LogP contribution in [-0.2, 0) is 4.79 Å². The first-order valence-corrected chi connectivity index (χ1v) is 8.05. The summed E-state index contributed by atoms with van der Waals surface area (Å²) in [5, 5.41) is 28.9. The van der Waals surface area contributed by atoms with E-state index in [1.807, 2.05) is 0 Å². The minimum Gasteiger partial charge on any atom is -0.476 e. The molecule has 0 aliphatic carbocycles. The summed E-state index contributed by atoms with van der Waals surface area (Å²) in [6.07, 6.45) is -1.31. The summed E-state index contributed by atoms with van der Waals surface area (Å²) in [6, 6.07) is 10.1. The van der Waals surface area contributed by atoms with E-state index in [-0.39, 0.29) is 22.3 Å². The first-order valence-electron chi connectivity index (χ1n) is 7.67. The number of rotatable bonds is 7. The lowest BCUT2D eigenvalue weighted by Crippen LogP contribution is -2.29. The predicted octanol–water partition coefficient (Wildman–Crippen LogP) is 4.18. The standard InChI is InChI=1S/C18H11ClFN3O5/c1-10(18(24)11(8-21)9-22)27-17-7-13(3-4-15(17)23(25)26)28-16-5-2-12(19)6-14(16)20/h2-7,10-11H,1H3. The number of halogens is 2. The summed E-state index contributed by atoms with van der Waals surface area (Å²) in [7, 11) is 0. The van der Waals surface area contributed by atoms with E-state index in [0.29, 0.717) is 0 Å². The zero-order valence-corrected chi connectivity index (χ0v) is 15.0. The third-order valence-electron chi connectivity index (χ3n) is 3.50. The molecule has 0 saturated heterocycles. The normalized spacial score (nSPS) is 11.2. The number of benzene rings is 2. The molecule has 0 bridgehead atoms. The Hall–Kier alpha value is -3.69. The molecule has 1 atom stereocenters. The van der Waals surface area contributed by atoms with E-state index in [4.69, 9.17) is 31.6 Å². The first kappa shape index (κ1) is 20.6. The van der Waals surface area contributed by atoms with Crippen LogP contribution in [0.25, 0.3) is 0 Å². The molecule has 1 unspecified atom stereocenters. The number of Topliss-reactive ketones (excluding diaryl/α,β-unsaturated/α-hetero) is 1. The largest absolute Gasteiger partial charge is 0.476 e. The number of carbonyl (C=O) groups is 1. The molecule has 0 spiro atoms. The van der Waals surface area contributed by atoms with Gasteiger partial charge in [0.05, 0.1) is 17.1 Å². The Morgan fingerprint density at radius 1 is 1.21 bits per heavy atom. The smallest absolute Gasteiger partial charge is 0.311 e. The highest BCUT2D eigenvalue weighted by molar-refractivity contribution is 6.30. The van der Waals surface area contributed by atoms with Crippen molar-refractivity contribution in [3.8, 4) is 29.4 Å². The van der Waals surface area contributed by atoms with E-state index in [1.54, 1.807) is 0 Å². The molecule has 2 aromatic carbocycles. The maximum absolute atomic E-state index is 13.9. The van der Waals surface area contributed by atoms with Gasteiger partial charge >= 0.3 is 5.69 Å². The topological polar surface area (TPSA) is 126 Å². The van der Waals surface area contributed by atoms with Crippen LogP contribution < -0.4 is 9.47 Å². The molecular weight excluding hydrogens is 393 g/mol. The van der Waals surface area contributed by atoms with Crippen LogP contribution in [-0.4, -0.2) is 16.8 Å². The molecule has 2 rings (SSSR count). The molecular formula is C18H11ClFN3O5. The molecule has 28 heavy (non-hydrogen) atoms. The van der Waals surface area contributed by atoms with Crippen LogP contribution >= 0.6 is 11.6 Å². The molecule has 0 fully saturated rings. The number of nitriles is 2. The zero-order valence-electron chi connectivity index (χ0n) is 14.3. The lowest BCUT2D eigenvalue weighted by molar-refractivity contribution is -0.386. The van der Waals surface area contributed by atoms with Gasteiger partial charge in [-0.05, 0) is 31.2 Å². The highest BCUT2D eigenvalue weighted by Gasteiger charge is 2.27. The van der Waals surface area contributed by atoms with E-state index in [0.717, 1.165) is 18.2 Å². The number of nitrogens with zero attached hydrogens (tertiary/aromatic N) is 3. The molecule has 0 heterocycles. The second-order valence-electron chi connectivity index (χ2n) is 5.42. The number of hydrogen-bond acceptors (Lipinski definition) is 7. The van der Waals surface area contributed by atoms with Gasteiger partial charge < -0.3 is 9.47 Å². The minimum absolute atomic E-state index is 0.00131. The SMILES string of the molecule is CC(Oc1cc(Oc2ccc(Cl)cc2F)ccc1[N+](=O)[O-])C(=O)C(C#N)C#N. The Kier molecular flexibility index (Phi) is 6.48. The van der Waals surface area contributed by atoms with Crippen molar-refractivity contribution in [1.82, 2.24) is 0 Å². The Labute approximate surface area is 163 Å². The molecule has 142 valence electrons. The molecule has 10 heteroatoms. The van der Waals surface area contributed by atoms with Crippen molar-refractivity contribution < 1.29 is 23.6 Å². The van der Waals surface area contributed by atoms with Gasteiger partial charge in [-0.3, -0.25) is 14.9 Å². The fourth-order valence-electron chi connectivity index (χ4n) is 2.13. The van der Waals surface area contributed by atoms with Crippen LogP contribution in [0.15, 0.2) is 36.4 Å². The highest BCUT2D eigenvalue weighted by atomic mass is 35.5. The molecule has 0 aliphatic rings. The van der Waals surface area contributed by atoms with Gasteiger partial charge in [0.2, 0.25) is 11.5 Å². The summed E-state index contributed by atoms with van der Waals surface area (Å²) in [6.45, 7) is 1.25. The number of hydrogen-bond donors (Lipinski definition) is 0. The maximum atomic E-state index is 13.9. The van der Waals surface area contributed by atoms with E-state index in [2.05, 4.69) is 0 Å². The first-order chi connectivity index (χ1) is 13.3. The average molecular weight is 404 g/mol. The molecule has 0 N–H and O–H groups in total. The number of ether oxygens (including phenoxy) is 2. The van der Waals surface area contributed by atoms with Crippen LogP contribution in [0.5, 0.6) is 17.2 Å². The second kappa shape index (κ2) is 8.80. The molecule has 0 radical (unpaired) electrons. The van der Waals surface area contributed by atoms with Gasteiger partial charge in [-0.15, -0.1) is 0 Å². The van der Waals surface area contributed by atoms with Crippen LogP contribution in [0.2, 0.25) is 5.02 Å². The van der Waals surface area contributed by atoms with Crippen molar-refractivity contribution in [2.45, 2.75) is 13.0 Å². The van der Waals surface area contributed by atoms with E-state index >= 15 is 0 Å². The van der Waals surface area contributed by atoms with Crippen LogP contribution in [0.4, 0.5) is 10.1 Å². The van der Waals surface area contributed by atoms with Crippen molar-refractivity contribution in [2.24, 2.45) is 5.92 Å². The maximum Gasteiger partial charge on any atom is 0.311 e. The third-order valence-corrected chi connectivity index (χ3v) is 3.73. The van der Waals surface area contributed by atoms with Crippen LogP contribution in [0.1, 0.15) is 6.92 Å². The Balaban J connectivity index is 2.33. The van der Waals surface area contributed by atoms with E-state index in [9.17, 15) is 19.3 Å². The van der Waals surface area contributed by atoms with Gasteiger partial charge in [-0.1, -0.05) is 11.6 Å². The molecule has 0 amide bonds. The Bertz CT molecular complexity index is 1000.